The van der Waals surface area contributed by atoms with Crippen LogP contribution in [0.4, 0.5) is 0 Å². The minimum atomic E-state index is 0.222. The topological polar surface area (TPSA) is 46.0 Å². The SMILES string of the molecule is Cc1nc(CCCO)nc2c1CCCCC2. The van der Waals surface area contributed by atoms with Crippen molar-refractivity contribution in [3.8, 4) is 0 Å². The molecule has 3 heteroatoms. The van der Waals surface area contributed by atoms with Crippen LogP contribution in [0, 0.1) is 6.92 Å². The zero-order valence-corrected chi connectivity index (χ0v) is 10.00. The lowest BCUT2D eigenvalue weighted by molar-refractivity contribution is 0.287. The Labute approximate surface area is 96.9 Å². The third-order valence-electron chi connectivity index (χ3n) is 3.24. The van der Waals surface area contributed by atoms with Gasteiger partial charge in [-0.3, -0.25) is 0 Å². The Morgan fingerprint density at radius 1 is 1.12 bits per heavy atom. The number of aryl methyl sites for hydroxylation is 3. The standard InChI is InChI=1S/C13H20N2O/c1-10-11-6-3-2-4-7-12(11)15-13(14-10)8-5-9-16/h16H,2-9H2,1H3. The van der Waals surface area contributed by atoms with Crippen molar-refractivity contribution >= 4 is 0 Å². The molecule has 0 spiro atoms. The van der Waals surface area contributed by atoms with E-state index in [1.165, 1.54) is 30.5 Å². The van der Waals surface area contributed by atoms with Crippen LogP contribution >= 0.6 is 0 Å². The molecule has 1 N–H and O–H groups in total. The molecule has 1 aliphatic rings. The second-order valence-electron chi connectivity index (χ2n) is 4.54. The Bertz CT molecular complexity index is 363. The molecule has 0 aliphatic heterocycles. The van der Waals surface area contributed by atoms with Crippen LogP contribution in [0.2, 0.25) is 0 Å². The molecule has 1 heterocycles. The Balaban J connectivity index is 2.24. The summed E-state index contributed by atoms with van der Waals surface area (Å²) in [6.07, 6.45) is 7.63. The van der Waals surface area contributed by atoms with Crippen LogP contribution in [0.5, 0.6) is 0 Å². The first-order chi connectivity index (χ1) is 7.81. The quantitative estimate of drug-likeness (QED) is 0.792. The fourth-order valence-corrected chi connectivity index (χ4v) is 2.37. The first-order valence-electron chi connectivity index (χ1n) is 6.27. The van der Waals surface area contributed by atoms with Gasteiger partial charge >= 0.3 is 0 Å². The molecule has 1 aromatic heterocycles. The lowest BCUT2D eigenvalue weighted by Gasteiger charge is -2.10. The second-order valence-corrected chi connectivity index (χ2v) is 4.54. The van der Waals surface area contributed by atoms with Crippen LogP contribution in [0.25, 0.3) is 0 Å². The second kappa shape index (κ2) is 5.39. The molecule has 0 saturated heterocycles. The maximum absolute atomic E-state index is 8.82. The highest BCUT2D eigenvalue weighted by molar-refractivity contribution is 5.26. The van der Waals surface area contributed by atoms with Gasteiger partial charge in [-0.2, -0.15) is 0 Å². The van der Waals surface area contributed by atoms with Crippen molar-refractivity contribution in [3.05, 3.63) is 22.8 Å². The van der Waals surface area contributed by atoms with Gasteiger partial charge in [0.05, 0.1) is 0 Å². The molecule has 0 unspecified atom stereocenters. The van der Waals surface area contributed by atoms with Crippen molar-refractivity contribution in [2.75, 3.05) is 6.61 Å². The summed E-state index contributed by atoms with van der Waals surface area (Å²) in [7, 11) is 0. The lowest BCUT2D eigenvalue weighted by atomic mass is 10.1. The molecule has 0 radical (unpaired) electrons. The van der Waals surface area contributed by atoms with E-state index in [2.05, 4.69) is 16.9 Å². The minimum absolute atomic E-state index is 0.222. The molecule has 2 rings (SSSR count). The van der Waals surface area contributed by atoms with Crippen molar-refractivity contribution < 1.29 is 5.11 Å². The van der Waals surface area contributed by atoms with Crippen LogP contribution in [-0.4, -0.2) is 21.7 Å². The van der Waals surface area contributed by atoms with Gasteiger partial charge in [-0.05, 0) is 44.6 Å². The molecule has 3 nitrogen and oxygen atoms in total. The number of aliphatic hydroxyl groups excluding tert-OH is 1. The zero-order valence-electron chi connectivity index (χ0n) is 10.00. The van der Waals surface area contributed by atoms with E-state index in [0.29, 0.717) is 0 Å². The predicted octanol–water partition coefficient (Wildman–Crippen LogP) is 1.98. The monoisotopic (exact) mass is 220 g/mol. The van der Waals surface area contributed by atoms with E-state index in [1.54, 1.807) is 0 Å². The summed E-state index contributed by atoms with van der Waals surface area (Å²) in [5.41, 5.74) is 3.79. The van der Waals surface area contributed by atoms with E-state index in [0.717, 1.165) is 37.2 Å². The maximum Gasteiger partial charge on any atom is 0.128 e. The number of nitrogens with zero attached hydrogens (tertiary/aromatic N) is 2. The Morgan fingerprint density at radius 2 is 1.94 bits per heavy atom. The molecule has 1 aliphatic carbocycles. The van der Waals surface area contributed by atoms with Crippen molar-refractivity contribution in [2.24, 2.45) is 0 Å². The van der Waals surface area contributed by atoms with Crippen LogP contribution in [0.15, 0.2) is 0 Å². The first kappa shape index (κ1) is 11.5. The van der Waals surface area contributed by atoms with Gasteiger partial charge in [-0.25, -0.2) is 9.97 Å². The third kappa shape index (κ3) is 2.59. The number of fused-ring (bicyclic) bond motifs is 1. The number of hydrogen-bond donors (Lipinski definition) is 1. The molecular weight excluding hydrogens is 200 g/mol. The van der Waals surface area contributed by atoms with Gasteiger partial charge in [0.15, 0.2) is 0 Å². The highest BCUT2D eigenvalue weighted by atomic mass is 16.2. The van der Waals surface area contributed by atoms with Gasteiger partial charge in [-0.1, -0.05) is 6.42 Å². The Kier molecular flexibility index (Phi) is 3.88. The van der Waals surface area contributed by atoms with Gasteiger partial charge in [0, 0.05) is 24.4 Å². The summed E-state index contributed by atoms with van der Waals surface area (Å²) in [6, 6.07) is 0. The molecule has 1 aromatic rings. The lowest BCUT2D eigenvalue weighted by Crippen LogP contribution is -2.07. The molecule has 0 fully saturated rings. The third-order valence-corrected chi connectivity index (χ3v) is 3.24. The van der Waals surface area contributed by atoms with E-state index >= 15 is 0 Å². The van der Waals surface area contributed by atoms with Crippen LogP contribution < -0.4 is 0 Å². The molecule has 0 saturated carbocycles. The van der Waals surface area contributed by atoms with Crippen molar-refractivity contribution in [1.82, 2.24) is 9.97 Å². The van der Waals surface area contributed by atoms with Crippen LogP contribution in [0.1, 0.15) is 48.5 Å². The van der Waals surface area contributed by atoms with Crippen molar-refractivity contribution in [2.45, 2.75) is 51.9 Å². The molecule has 88 valence electrons. The van der Waals surface area contributed by atoms with Gasteiger partial charge in [0.25, 0.3) is 0 Å². The average molecular weight is 220 g/mol. The largest absolute Gasteiger partial charge is 0.396 e. The van der Waals surface area contributed by atoms with E-state index in [-0.39, 0.29) is 6.61 Å². The van der Waals surface area contributed by atoms with Gasteiger partial charge in [0.1, 0.15) is 5.82 Å². The van der Waals surface area contributed by atoms with E-state index in [1.807, 2.05) is 0 Å². The van der Waals surface area contributed by atoms with E-state index in [4.69, 9.17) is 5.11 Å². The Morgan fingerprint density at radius 3 is 2.75 bits per heavy atom. The highest BCUT2D eigenvalue weighted by Crippen LogP contribution is 2.21. The highest BCUT2D eigenvalue weighted by Gasteiger charge is 2.13. The number of aliphatic hydroxyl groups is 1. The summed E-state index contributed by atoms with van der Waals surface area (Å²) >= 11 is 0. The fourth-order valence-electron chi connectivity index (χ4n) is 2.37. The smallest absolute Gasteiger partial charge is 0.128 e. The molecule has 16 heavy (non-hydrogen) atoms. The summed E-state index contributed by atoms with van der Waals surface area (Å²) < 4.78 is 0. The molecule has 0 bridgehead atoms. The molecular formula is C13H20N2O. The maximum atomic E-state index is 8.82. The molecule has 0 aromatic carbocycles. The number of aromatic nitrogens is 2. The van der Waals surface area contributed by atoms with Crippen LogP contribution in [0.3, 0.4) is 0 Å². The first-order valence-corrected chi connectivity index (χ1v) is 6.27. The van der Waals surface area contributed by atoms with E-state index in [9.17, 15) is 0 Å². The van der Waals surface area contributed by atoms with Crippen molar-refractivity contribution in [3.63, 3.8) is 0 Å². The van der Waals surface area contributed by atoms with Crippen molar-refractivity contribution in [1.29, 1.82) is 0 Å². The van der Waals surface area contributed by atoms with E-state index < -0.39 is 0 Å². The zero-order chi connectivity index (χ0) is 11.4. The summed E-state index contributed by atoms with van der Waals surface area (Å²) in [5, 5.41) is 8.82. The fraction of sp³-hybridized carbons (Fsp3) is 0.692. The summed E-state index contributed by atoms with van der Waals surface area (Å²) in [5.74, 6) is 0.909. The normalized spacial score (nSPS) is 15.6. The number of rotatable bonds is 3. The van der Waals surface area contributed by atoms with Gasteiger partial charge in [-0.15, -0.1) is 0 Å². The average Bonchev–Trinajstić information content (AvgIpc) is 2.51. The van der Waals surface area contributed by atoms with Crippen LogP contribution in [-0.2, 0) is 19.3 Å². The summed E-state index contributed by atoms with van der Waals surface area (Å²) in [4.78, 5) is 9.19. The molecule has 0 atom stereocenters. The van der Waals surface area contributed by atoms with Gasteiger partial charge < -0.3 is 5.11 Å². The summed E-state index contributed by atoms with van der Waals surface area (Å²) in [6.45, 7) is 2.31. The Hall–Kier alpha value is -0.960. The molecule has 0 amide bonds. The predicted molar refractivity (Wildman–Crippen MR) is 63.4 cm³/mol. The minimum Gasteiger partial charge on any atom is -0.396 e. The van der Waals surface area contributed by atoms with Gasteiger partial charge in [0.2, 0.25) is 0 Å². The number of hydrogen-bond acceptors (Lipinski definition) is 3.